The lowest BCUT2D eigenvalue weighted by Gasteiger charge is -2.27. The molecular weight excluding hydrogens is 242 g/mol. The molecular formula is C15H25NO3. The number of hydrogen-bond donors (Lipinski definition) is 1. The molecule has 1 amide bonds. The Bertz CT molecular complexity index is 336. The van der Waals surface area contributed by atoms with Crippen LogP contribution in [0, 0.1) is 11.8 Å². The fourth-order valence-corrected chi connectivity index (χ4v) is 3.61. The van der Waals surface area contributed by atoms with Gasteiger partial charge in [0.05, 0.1) is 0 Å². The number of nitrogens with zero attached hydrogens (tertiary/aromatic N) is 1. The number of carbonyl (C=O) groups excluding carboxylic acids is 1. The van der Waals surface area contributed by atoms with Crippen LogP contribution in [0.5, 0.6) is 0 Å². The lowest BCUT2D eigenvalue weighted by atomic mass is 9.90. The third-order valence-electron chi connectivity index (χ3n) is 4.76. The summed E-state index contributed by atoms with van der Waals surface area (Å²) < 4.78 is 0. The number of likely N-dealkylation sites (tertiary alicyclic amines) is 1. The van der Waals surface area contributed by atoms with Crippen molar-refractivity contribution in [1.82, 2.24) is 4.90 Å². The number of rotatable bonds is 5. The third-order valence-corrected chi connectivity index (χ3v) is 4.76. The summed E-state index contributed by atoms with van der Waals surface area (Å²) in [5, 5.41) is 9.18. The van der Waals surface area contributed by atoms with E-state index in [1.165, 1.54) is 25.7 Å². The van der Waals surface area contributed by atoms with Gasteiger partial charge < -0.3 is 10.0 Å². The van der Waals surface area contributed by atoms with Gasteiger partial charge in [-0.05, 0) is 31.6 Å². The fraction of sp³-hybridized carbons (Fsp3) is 0.867. The maximum absolute atomic E-state index is 12.5. The van der Waals surface area contributed by atoms with Gasteiger partial charge in [-0.15, -0.1) is 0 Å². The van der Waals surface area contributed by atoms with E-state index in [4.69, 9.17) is 0 Å². The summed E-state index contributed by atoms with van der Waals surface area (Å²) in [6.45, 7) is 2.67. The van der Waals surface area contributed by atoms with Gasteiger partial charge >= 0.3 is 5.97 Å². The van der Waals surface area contributed by atoms with Crippen LogP contribution < -0.4 is 0 Å². The monoisotopic (exact) mass is 267 g/mol. The average Bonchev–Trinajstić information content (AvgIpc) is 3.05. The highest BCUT2D eigenvalue weighted by Crippen LogP contribution is 2.33. The highest BCUT2D eigenvalue weighted by Gasteiger charge is 2.37. The van der Waals surface area contributed by atoms with Crippen LogP contribution in [0.25, 0.3) is 0 Å². The van der Waals surface area contributed by atoms with Crippen LogP contribution in [0.1, 0.15) is 58.3 Å². The Morgan fingerprint density at radius 2 is 1.89 bits per heavy atom. The van der Waals surface area contributed by atoms with Crippen molar-refractivity contribution in [3.8, 4) is 0 Å². The Hall–Kier alpha value is -1.06. The average molecular weight is 267 g/mol. The van der Waals surface area contributed by atoms with Crippen LogP contribution in [0.15, 0.2) is 0 Å². The molecule has 0 aromatic heterocycles. The van der Waals surface area contributed by atoms with Crippen LogP contribution in [-0.2, 0) is 9.59 Å². The number of aliphatic carboxylic acids is 1. The molecule has 1 saturated heterocycles. The predicted octanol–water partition coefficient (Wildman–Crippen LogP) is 2.67. The molecule has 0 bridgehead atoms. The first-order chi connectivity index (χ1) is 9.13. The van der Waals surface area contributed by atoms with Crippen molar-refractivity contribution in [1.29, 1.82) is 0 Å². The summed E-state index contributed by atoms with van der Waals surface area (Å²) in [5.74, 6) is -0.0521. The smallest absolute Gasteiger partial charge is 0.326 e. The Morgan fingerprint density at radius 3 is 2.47 bits per heavy atom. The van der Waals surface area contributed by atoms with Crippen molar-refractivity contribution in [3.63, 3.8) is 0 Å². The zero-order chi connectivity index (χ0) is 13.8. The molecule has 1 heterocycles. The van der Waals surface area contributed by atoms with E-state index in [0.29, 0.717) is 18.9 Å². The van der Waals surface area contributed by atoms with Crippen molar-refractivity contribution in [2.75, 3.05) is 6.54 Å². The van der Waals surface area contributed by atoms with Crippen molar-refractivity contribution >= 4 is 11.9 Å². The van der Waals surface area contributed by atoms with E-state index < -0.39 is 12.0 Å². The molecule has 2 aliphatic rings. The summed E-state index contributed by atoms with van der Waals surface area (Å²) in [6, 6.07) is -0.579. The van der Waals surface area contributed by atoms with Gasteiger partial charge in [-0.1, -0.05) is 32.6 Å². The van der Waals surface area contributed by atoms with Crippen molar-refractivity contribution in [2.45, 2.75) is 64.3 Å². The molecule has 2 rings (SSSR count). The van der Waals surface area contributed by atoms with E-state index in [-0.39, 0.29) is 11.8 Å². The second kappa shape index (κ2) is 6.40. The van der Waals surface area contributed by atoms with Crippen molar-refractivity contribution in [2.24, 2.45) is 11.8 Å². The van der Waals surface area contributed by atoms with E-state index >= 15 is 0 Å². The van der Waals surface area contributed by atoms with E-state index in [0.717, 1.165) is 19.3 Å². The summed E-state index contributed by atoms with van der Waals surface area (Å²) in [4.78, 5) is 25.3. The van der Waals surface area contributed by atoms with E-state index in [9.17, 15) is 14.7 Å². The Labute approximate surface area is 115 Å². The van der Waals surface area contributed by atoms with Gasteiger partial charge in [0.2, 0.25) is 5.91 Å². The molecule has 0 aromatic carbocycles. The molecule has 108 valence electrons. The highest BCUT2D eigenvalue weighted by molar-refractivity contribution is 5.85. The first kappa shape index (κ1) is 14.4. The quantitative estimate of drug-likeness (QED) is 0.833. The minimum Gasteiger partial charge on any atom is -0.480 e. The fourth-order valence-electron chi connectivity index (χ4n) is 3.61. The summed E-state index contributed by atoms with van der Waals surface area (Å²) in [6.07, 6.45) is 8.28. The van der Waals surface area contributed by atoms with Gasteiger partial charge in [-0.3, -0.25) is 4.79 Å². The Balaban J connectivity index is 1.96. The van der Waals surface area contributed by atoms with Crippen molar-refractivity contribution < 1.29 is 14.7 Å². The van der Waals surface area contributed by atoms with E-state index in [1.807, 2.05) is 6.92 Å². The van der Waals surface area contributed by atoms with Gasteiger partial charge in [-0.25, -0.2) is 4.79 Å². The topological polar surface area (TPSA) is 57.6 Å². The van der Waals surface area contributed by atoms with Gasteiger partial charge in [0.15, 0.2) is 0 Å². The second-order valence-corrected chi connectivity index (χ2v) is 6.02. The van der Waals surface area contributed by atoms with Gasteiger partial charge in [0, 0.05) is 12.5 Å². The molecule has 1 N–H and O–H groups in total. The summed E-state index contributed by atoms with van der Waals surface area (Å²) in [7, 11) is 0. The number of carboxylic acids is 1. The molecule has 0 spiro atoms. The normalized spacial score (nSPS) is 25.7. The molecule has 19 heavy (non-hydrogen) atoms. The van der Waals surface area contributed by atoms with Crippen LogP contribution >= 0.6 is 0 Å². The zero-order valence-corrected chi connectivity index (χ0v) is 11.8. The van der Waals surface area contributed by atoms with Crippen LogP contribution in [0.4, 0.5) is 0 Å². The van der Waals surface area contributed by atoms with Crippen LogP contribution in [0.3, 0.4) is 0 Å². The standard InChI is InChI=1S/C15H25NO3/c1-2-12(10-11-6-3-4-7-11)14(17)16-9-5-8-13(16)15(18)19/h11-13H,2-10H2,1H3,(H,18,19)/t12?,13-/m1/s1. The van der Waals surface area contributed by atoms with Gasteiger partial charge in [-0.2, -0.15) is 0 Å². The number of amides is 1. The first-order valence-electron chi connectivity index (χ1n) is 7.66. The second-order valence-electron chi connectivity index (χ2n) is 6.02. The van der Waals surface area contributed by atoms with Gasteiger partial charge in [0.1, 0.15) is 6.04 Å². The molecule has 1 aliphatic heterocycles. The number of carbonyl (C=O) groups is 2. The lowest BCUT2D eigenvalue weighted by Crippen LogP contribution is -2.43. The molecule has 4 nitrogen and oxygen atoms in total. The molecule has 1 saturated carbocycles. The molecule has 1 unspecified atom stereocenters. The van der Waals surface area contributed by atoms with E-state index in [1.54, 1.807) is 4.90 Å². The largest absolute Gasteiger partial charge is 0.480 e. The molecule has 4 heteroatoms. The Morgan fingerprint density at radius 1 is 1.21 bits per heavy atom. The predicted molar refractivity (Wildman–Crippen MR) is 72.7 cm³/mol. The molecule has 2 fully saturated rings. The first-order valence-corrected chi connectivity index (χ1v) is 7.66. The maximum Gasteiger partial charge on any atom is 0.326 e. The van der Waals surface area contributed by atoms with Crippen LogP contribution in [0.2, 0.25) is 0 Å². The molecule has 0 radical (unpaired) electrons. The maximum atomic E-state index is 12.5. The number of carboxylic acid groups (broad SMARTS) is 1. The van der Waals surface area contributed by atoms with Crippen LogP contribution in [-0.4, -0.2) is 34.5 Å². The summed E-state index contributed by atoms with van der Waals surface area (Å²) in [5.41, 5.74) is 0. The molecule has 1 aliphatic carbocycles. The SMILES string of the molecule is CCC(CC1CCCC1)C(=O)N1CCC[C@@H]1C(=O)O. The Kier molecular flexibility index (Phi) is 4.83. The summed E-state index contributed by atoms with van der Waals surface area (Å²) >= 11 is 0. The minimum absolute atomic E-state index is 0.0306. The highest BCUT2D eigenvalue weighted by atomic mass is 16.4. The third kappa shape index (κ3) is 3.28. The zero-order valence-electron chi connectivity index (χ0n) is 11.8. The molecule has 2 atom stereocenters. The minimum atomic E-state index is -0.846. The van der Waals surface area contributed by atoms with E-state index in [2.05, 4.69) is 0 Å². The molecule has 0 aromatic rings. The lowest BCUT2D eigenvalue weighted by molar-refractivity contribution is -0.150. The van der Waals surface area contributed by atoms with Crippen molar-refractivity contribution in [3.05, 3.63) is 0 Å². The van der Waals surface area contributed by atoms with Gasteiger partial charge in [0.25, 0.3) is 0 Å². The number of hydrogen-bond acceptors (Lipinski definition) is 2.